The number of amides is 2. The van der Waals surface area contributed by atoms with Crippen molar-refractivity contribution >= 4 is 40.4 Å². The molecule has 0 unspecified atom stereocenters. The van der Waals surface area contributed by atoms with Gasteiger partial charge in [-0.1, -0.05) is 25.4 Å². The van der Waals surface area contributed by atoms with Gasteiger partial charge in [-0.25, -0.2) is 4.98 Å². The third-order valence-electron chi connectivity index (χ3n) is 4.53. The summed E-state index contributed by atoms with van der Waals surface area (Å²) in [6, 6.07) is 5.01. The Balaban J connectivity index is 1.73. The number of benzene rings is 1. The van der Waals surface area contributed by atoms with E-state index in [1.54, 1.807) is 29.5 Å². The molecule has 0 radical (unpaired) electrons. The Kier molecular flexibility index (Phi) is 6.50. The minimum absolute atomic E-state index is 0.0579. The SMILES string of the molecule is CC(C)c1nc(CC(=O)Nc2cc(Cl)ccc2C(=O)N2CCCCC2)cs1. The van der Waals surface area contributed by atoms with E-state index in [0.717, 1.165) is 43.1 Å². The van der Waals surface area contributed by atoms with Gasteiger partial charge < -0.3 is 10.2 Å². The normalized spacial score (nSPS) is 14.4. The van der Waals surface area contributed by atoms with Crippen molar-refractivity contribution in [2.45, 2.75) is 45.4 Å². The molecule has 1 saturated heterocycles. The molecule has 27 heavy (non-hydrogen) atoms. The molecule has 0 saturated carbocycles. The molecule has 2 aromatic rings. The Morgan fingerprint density at radius 2 is 2.00 bits per heavy atom. The van der Waals surface area contributed by atoms with Gasteiger partial charge in [-0.15, -0.1) is 11.3 Å². The molecule has 1 N–H and O–H groups in total. The van der Waals surface area contributed by atoms with Gasteiger partial charge in [-0.05, 0) is 37.5 Å². The summed E-state index contributed by atoms with van der Waals surface area (Å²) in [4.78, 5) is 31.7. The van der Waals surface area contributed by atoms with E-state index in [0.29, 0.717) is 22.2 Å². The second-order valence-corrected chi connectivity index (χ2v) is 8.43. The summed E-state index contributed by atoms with van der Waals surface area (Å²) < 4.78 is 0. The first-order chi connectivity index (χ1) is 12.9. The summed E-state index contributed by atoms with van der Waals surface area (Å²) in [7, 11) is 0. The maximum absolute atomic E-state index is 12.9. The van der Waals surface area contributed by atoms with Crippen molar-refractivity contribution in [1.29, 1.82) is 0 Å². The highest BCUT2D eigenvalue weighted by Gasteiger charge is 2.22. The molecule has 3 rings (SSSR count). The lowest BCUT2D eigenvalue weighted by atomic mass is 10.1. The molecule has 0 aliphatic carbocycles. The second-order valence-electron chi connectivity index (χ2n) is 7.10. The number of nitrogens with zero attached hydrogens (tertiary/aromatic N) is 2. The average Bonchev–Trinajstić information content (AvgIpc) is 3.11. The lowest BCUT2D eigenvalue weighted by Crippen LogP contribution is -2.36. The zero-order chi connectivity index (χ0) is 19.4. The number of carbonyl (C=O) groups is 2. The molecule has 0 bridgehead atoms. The Morgan fingerprint density at radius 1 is 1.26 bits per heavy atom. The van der Waals surface area contributed by atoms with Crippen LogP contribution in [0.25, 0.3) is 0 Å². The van der Waals surface area contributed by atoms with Gasteiger partial charge in [-0.2, -0.15) is 0 Å². The fraction of sp³-hybridized carbons (Fsp3) is 0.450. The van der Waals surface area contributed by atoms with Crippen LogP contribution in [0.3, 0.4) is 0 Å². The molecule has 1 aliphatic heterocycles. The number of carbonyl (C=O) groups excluding carboxylic acids is 2. The zero-order valence-corrected chi connectivity index (χ0v) is 17.2. The molecule has 1 fully saturated rings. The third-order valence-corrected chi connectivity index (χ3v) is 5.96. The van der Waals surface area contributed by atoms with E-state index in [-0.39, 0.29) is 18.2 Å². The Morgan fingerprint density at radius 3 is 2.67 bits per heavy atom. The monoisotopic (exact) mass is 405 g/mol. The van der Waals surface area contributed by atoms with Gasteiger partial charge in [0.1, 0.15) is 0 Å². The fourth-order valence-electron chi connectivity index (χ4n) is 3.10. The summed E-state index contributed by atoms with van der Waals surface area (Å²) in [6.45, 7) is 5.66. The van der Waals surface area contributed by atoms with Crippen LogP contribution in [-0.4, -0.2) is 34.8 Å². The van der Waals surface area contributed by atoms with Gasteiger partial charge in [0.05, 0.1) is 28.4 Å². The predicted molar refractivity (Wildman–Crippen MR) is 110 cm³/mol. The van der Waals surface area contributed by atoms with Gasteiger partial charge in [0.2, 0.25) is 5.91 Å². The van der Waals surface area contributed by atoms with E-state index >= 15 is 0 Å². The Bertz CT molecular complexity index is 828. The molecule has 1 aromatic heterocycles. The Hall–Kier alpha value is -1.92. The topological polar surface area (TPSA) is 62.3 Å². The lowest BCUT2D eigenvalue weighted by Gasteiger charge is -2.27. The van der Waals surface area contributed by atoms with Crippen molar-refractivity contribution in [1.82, 2.24) is 9.88 Å². The van der Waals surface area contributed by atoms with Gasteiger partial charge in [0.25, 0.3) is 5.91 Å². The van der Waals surface area contributed by atoms with Crippen LogP contribution in [0.1, 0.15) is 60.1 Å². The minimum Gasteiger partial charge on any atom is -0.339 e. The van der Waals surface area contributed by atoms with Crippen LogP contribution in [0.5, 0.6) is 0 Å². The molecule has 144 valence electrons. The summed E-state index contributed by atoms with van der Waals surface area (Å²) in [5.74, 6) is 0.0801. The zero-order valence-electron chi connectivity index (χ0n) is 15.6. The lowest BCUT2D eigenvalue weighted by molar-refractivity contribution is -0.115. The molecule has 2 heterocycles. The maximum Gasteiger partial charge on any atom is 0.255 e. The number of rotatable bonds is 5. The van der Waals surface area contributed by atoms with E-state index in [9.17, 15) is 9.59 Å². The van der Waals surface area contributed by atoms with Crippen molar-refractivity contribution in [2.24, 2.45) is 0 Å². The largest absolute Gasteiger partial charge is 0.339 e. The van der Waals surface area contributed by atoms with Crippen LogP contribution in [0, 0.1) is 0 Å². The summed E-state index contributed by atoms with van der Waals surface area (Å²) in [5, 5.41) is 6.26. The first-order valence-electron chi connectivity index (χ1n) is 9.27. The predicted octanol–water partition coefficient (Wildman–Crippen LogP) is 4.73. The minimum atomic E-state index is -0.203. The molecule has 7 heteroatoms. The van der Waals surface area contributed by atoms with Crippen LogP contribution in [0.4, 0.5) is 5.69 Å². The molecular formula is C20H24ClN3O2S. The molecular weight excluding hydrogens is 382 g/mol. The standard InChI is InChI=1S/C20H24ClN3O2S/c1-13(2)19-22-15(12-27-19)11-18(25)23-17-10-14(21)6-7-16(17)20(26)24-8-4-3-5-9-24/h6-7,10,12-13H,3-5,8-9,11H2,1-2H3,(H,23,25). The maximum atomic E-state index is 12.9. The Labute approximate surface area is 168 Å². The summed E-state index contributed by atoms with van der Waals surface area (Å²) >= 11 is 7.66. The molecule has 1 aromatic carbocycles. The van der Waals surface area contributed by atoms with Crippen molar-refractivity contribution < 1.29 is 9.59 Å². The van der Waals surface area contributed by atoms with Gasteiger partial charge in [-0.3, -0.25) is 9.59 Å². The summed E-state index contributed by atoms with van der Waals surface area (Å²) in [6.07, 6.45) is 3.36. The van der Waals surface area contributed by atoms with Crippen molar-refractivity contribution in [3.63, 3.8) is 0 Å². The highest BCUT2D eigenvalue weighted by Crippen LogP contribution is 2.25. The van der Waals surface area contributed by atoms with Crippen LogP contribution in [0.15, 0.2) is 23.6 Å². The number of thiazole rings is 1. The first kappa shape index (κ1) is 19.8. The molecule has 2 amide bonds. The van der Waals surface area contributed by atoms with Crippen molar-refractivity contribution in [2.75, 3.05) is 18.4 Å². The highest BCUT2D eigenvalue weighted by atomic mass is 35.5. The van der Waals surface area contributed by atoms with Crippen LogP contribution < -0.4 is 5.32 Å². The molecule has 5 nitrogen and oxygen atoms in total. The van der Waals surface area contributed by atoms with Gasteiger partial charge in [0.15, 0.2) is 0 Å². The van der Waals surface area contributed by atoms with Crippen LogP contribution in [-0.2, 0) is 11.2 Å². The number of halogens is 1. The number of hydrogen-bond donors (Lipinski definition) is 1. The van der Waals surface area contributed by atoms with E-state index < -0.39 is 0 Å². The van der Waals surface area contributed by atoms with E-state index in [1.165, 1.54) is 0 Å². The molecule has 1 aliphatic rings. The third kappa shape index (κ3) is 5.08. The van der Waals surface area contributed by atoms with Gasteiger partial charge in [0, 0.05) is 29.4 Å². The number of hydrogen-bond acceptors (Lipinski definition) is 4. The number of nitrogens with one attached hydrogen (secondary N) is 1. The van der Waals surface area contributed by atoms with Crippen LogP contribution >= 0.6 is 22.9 Å². The average molecular weight is 406 g/mol. The second kappa shape index (κ2) is 8.85. The quantitative estimate of drug-likeness (QED) is 0.782. The van der Waals surface area contributed by atoms with E-state index in [4.69, 9.17) is 11.6 Å². The number of piperidine rings is 1. The van der Waals surface area contributed by atoms with Gasteiger partial charge >= 0.3 is 0 Å². The fourth-order valence-corrected chi connectivity index (χ4v) is 4.11. The van der Waals surface area contributed by atoms with Crippen LogP contribution in [0.2, 0.25) is 5.02 Å². The first-order valence-corrected chi connectivity index (χ1v) is 10.5. The number of likely N-dealkylation sites (tertiary alicyclic amines) is 1. The smallest absolute Gasteiger partial charge is 0.255 e. The highest BCUT2D eigenvalue weighted by molar-refractivity contribution is 7.09. The molecule has 0 atom stereocenters. The van der Waals surface area contributed by atoms with Crippen molar-refractivity contribution in [3.05, 3.63) is 44.9 Å². The van der Waals surface area contributed by atoms with E-state index in [2.05, 4.69) is 24.1 Å². The number of anilines is 1. The molecule has 0 spiro atoms. The van der Waals surface area contributed by atoms with E-state index in [1.807, 2.05) is 10.3 Å². The summed E-state index contributed by atoms with van der Waals surface area (Å²) in [5.41, 5.74) is 1.69. The van der Waals surface area contributed by atoms with Crippen molar-refractivity contribution in [3.8, 4) is 0 Å². The number of aromatic nitrogens is 1.